The monoisotopic (exact) mass is 777 g/mol. The molecule has 11 aromatic rings. The molecule has 3 nitrogen and oxygen atoms in total. The number of allylic oxidation sites excluding steroid dienone is 2. The van der Waals surface area contributed by atoms with E-state index in [0.29, 0.717) is 0 Å². The number of hydrogen-bond donors (Lipinski definition) is 0. The molecule has 3 heteroatoms. The van der Waals surface area contributed by atoms with Gasteiger partial charge in [-0.25, -0.2) is 0 Å². The maximum atomic E-state index is 2.61. The minimum absolute atomic E-state index is 0.194. The van der Waals surface area contributed by atoms with Gasteiger partial charge in [0.05, 0.1) is 28.1 Å². The van der Waals surface area contributed by atoms with E-state index in [9.17, 15) is 0 Å². The highest BCUT2D eigenvalue weighted by molar-refractivity contribution is 6.14. The van der Waals surface area contributed by atoms with Crippen LogP contribution in [0.4, 0.5) is 11.4 Å². The molecule has 9 aromatic carbocycles. The first kappa shape index (κ1) is 34.0. The number of rotatable bonds is 5. The van der Waals surface area contributed by atoms with E-state index in [1.807, 2.05) is 0 Å². The number of benzene rings is 9. The molecule has 0 spiro atoms. The summed E-state index contributed by atoms with van der Waals surface area (Å²) in [7, 11) is 0. The Morgan fingerprint density at radius 3 is 1.56 bits per heavy atom. The van der Waals surface area contributed by atoms with Crippen LogP contribution in [0.5, 0.6) is 0 Å². The first-order valence-electron chi connectivity index (χ1n) is 21.3. The summed E-state index contributed by atoms with van der Waals surface area (Å²) in [6.07, 6.45) is 5.84. The molecule has 3 heterocycles. The van der Waals surface area contributed by atoms with Crippen molar-refractivity contribution in [1.82, 2.24) is 9.13 Å². The van der Waals surface area contributed by atoms with Crippen LogP contribution in [-0.4, -0.2) is 15.2 Å². The van der Waals surface area contributed by atoms with Crippen molar-refractivity contribution in [3.63, 3.8) is 0 Å². The highest BCUT2D eigenvalue weighted by atomic mass is 15.2. The summed E-state index contributed by atoms with van der Waals surface area (Å²) in [5, 5.41) is 7.60. The summed E-state index contributed by atoms with van der Waals surface area (Å²) < 4.78 is 4.78. The maximum Gasteiger partial charge on any atom is 0.0633 e. The first-order chi connectivity index (χ1) is 30.3. The fourth-order valence-corrected chi connectivity index (χ4v) is 10.5. The van der Waals surface area contributed by atoms with Crippen LogP contribution in [0, 0.1) is 0 Å². The Labute approximate surface area is 354 Å². The molecule has 61 heavy (non-hydrogen) atoms. The van der Waals surface area contributed by atoms with E-state index >= 15 is 0 Å². The number of nitrogens with zero attached hydrogens (tertiary/aromatic N) is 3. The van der Waals surface area contributed by atoms with Crippen molar-refractivity contribution < 1.29 is 0 Å². The van der Waals surface area contributed by atoms with E-state index in [4.69, 9.17) is 0 Å². The van der Waals surface area contributed by atoms with Gasteiger partial charge in [-0.2, -0.15) is 0 Å². The van der Waals surface area contributed by atoms with E-state index in [0.717, 1.165) is 6.42 Å². The van der Waals surface area contributed by atoms with Gasteiger partial charge < -0.3 is 14.0 Å². The van der Waals surface area contributed by atoms with Gasteiger partial charge in [-0.15, -0.1) is 0 Å². The van der Waals surface area contributed by atoms with Gasteiger partial charge in [-0.3, -0.25) is 0 Å². The van der Waals surface area contributed by atoms with Crippen molar-refractivity contribution in [3.8, 4) is 22.5 Å². The third-order valence-corrected chi connectivity index (χ3v) is 13.2. The van der Waals surface area contributed by atoms with Crippen LogP contribution in [-0.2, 0) is 0 Å². The molecule has 0 bridgehead atoms. The van der Waals surface area contributed by atoms with Crippen LogP contribution < -0.4 is 4.90 Å². The zero-order valence-corrected chi connectivity index (χ0v) is 33.4. The summed E-state index contributed by atoms with van der Waals surface area (Å²) in [4.78, 5) is 2.61. The van der Waals surface area contributed by atoms with E-state index in [1.54, 1.807) is 0 Å². The highest BCUT2D eigenvalue weighted by Gasteiger charge is 2.36. The van der Waals surface area contributed by atoms with Crippen LogP contribution in [0.25, 0.3) is 88.0 Å². The minimum Gasteiger partial charge on any atom is -0.332 e. The molecule has 0 radical (unpaired) electrons. The van der Waals surface area contributed by atoms with Gasteiger partial charge in [0.1, 0.15) is 0 Å². The van der Waals surface area contributed by atoms with Crippen LogP contribution in [0.1, 0.15) is 17.5 Å². The SMILES string of the molecule is C1=C(c2ccc3c(c2)c2ccccc2n3-c2ccccc2)C=C2c3ccccc3N(c3ccc(-c4ccc5c(c4)c4ccccc4n5-c4ccccc4)c4ccccc34)C2C1. The van der Waals surface area contributed by atoms with Crippen LogP contribution >= 0.6 is 0 Å². The van der Waals surface area contributed by atoms with E-state index < -0.39 is 0 Å². The Balaban J connectivity index is 0.907. The normalized spacial score (nSPS) is 14.8. The molecule has 0 fully saturated rings. The van der Waals surface area contributed by atoms with Gasteiger partial charge in [0, 0.05) is 55.2 Å². The maximum absolute atomic E-state index is 2.61. The second-order valence-corrected chi connectivity index (χ2v) is 16.4. The molecule has 286 valence electrons. The van der Waals surface area contributed by atoms with Gasteiger partial charge in [0.2, 0.25) is 0 Å². The fraction of sp³-hybridized carbons (Fsp3) is 0.0345. The Bertz CT molecular complexity index is 3620. The molecule has 0 amide bonds. The van der Waals surface area contributed by atoms with Crippen LogP contribution in [0.15, 0.2) is 218 Å². The Morgan fingerprint density at radius 1 is 0.361 bits per heavy atom. The smallest absolute Gasteiger partial charge is 0.0633 e. The van der Waals surface area contributed by atoms with Gasteiger partial charge in [-0.1, -0.05) is 140 Å². The fourth-order valence-electron chi connectivity index (χ4n) is 10.5. The van der Waals surface area contributed by atoms with Crippen molar-refractivity contribution in [2.24, 2.45) is 0 Å². The molecule has 13 rings (SSSR count). The number of aromatic nitrogens is 2. The van der Waals surface area contributed by atoms with Gasteiger partial charge in [0.15, 0.2) is 0 Å². The third-order valence-electron chi connectivity index (χ3n) is 13.2. The standard InChI is InChI=1S/C58H39N3/c1-3-15-41(16-4-1)59-52-24-12-9-21-46(52)49-35-38(27-31-56(49)59)39-28-32-58-50(36-39)48-23-11-14-26-54(48)61(58)55-34-30-43(44-19-7-8-20-45(44)55)40-29-33-57-51(37-40)47-22-10-13-25-53(47)60(57)42-17-5-2-6-18-42/h1-31,33-37,58H,32H2. The summed E-state index contributed by atoms with van der Waals surface area (Å²) in [6.45, 7) is 0. The molecule has 2 aliphatic rings. The Morgan fingerprint density at radius 2 is 0.885 bits per heavy atom. The lowest BCUT2D eigenvalue weighted by Crippen LogP contribution is -2.27. The highest BCUT2D eigenvalue weighted by Crippen LogP contribution is 2.51. The molecule has 1 unspecified atom stereocenters. The third kappa shape index (κ3) is 5.11. The minimum atomic E-state index is 0.194. The lowest BCUT2D eigenvalue weighted by molar-refractivity contribution is 0.834. The first-order valence-corrected chi connectivity index (χ1v) is 21.3. The number of anilines is 2. The average molecular weight is 778 g/mol. The Kier molecular flexibility index (Phi) is 7.43. The summed E-state index contributed by atoms with van der Waals surface area (Å²) in [5.41, 5.74) is 17.5. The van der Waals surface area contributed by atoms with Crippen LogP contribution in [0.2, 0.25) is 0 Å². The predicted molar refractivity (Wildman–Crippen MR) is 257 cm³/mol. The van der Waals surface area contributed by atoms with E-state index in [1.165, 1.54) is 111 Å². The summed E-state index contributed by atoms with van der Waals surface area (Å²) >= 11 is 0. The lowest BCUT2D eigenvalue weighted by atomic mass is 9.88. The van der Waals surface area contributed by atoms with Gasteiger partial charge in [-0.05, 0) is 119 Å². The number of para-hydroxylation sites is 5. The molecule has 1 atom stereocenters. The summed E-state index contributed by atoms with van der Waals surface area (Å²) in [6, 6.07) is 75.9. The van der Waals surface area contributed by atoms with Crippen molar-refractivity contribution in [2.75, 3.05) is 4.90 Å². The van der Waals surface area contributed by atoms with E-state index in [-0.39, 0.29) is 6.04 Å². The largest absolute Gasteiger partial charge is 0.332 e. The van der Waals surface area contributed by atoms with Crippen LogP contribution in [0.3, 0.4) is 0 Å². The molecule has 0 N–H and O–H groups in total. The second kappa shape index (κ2) is 13.3. The zero-order chi connectivity index (χ0) is 40.0. The van der Waals surface area contributed by atoms with Gasteiger partial charge in [0.25, 0.3) is 0 Å². The Hall–Kier alpha value is -7.88. The molecule has 0 saturated carbocycles. The quantitative estimate of drug-likeness (QED) is 0.170. The second-order valence-electron chi connectivity index (χ2n) is 16.4. The molecule has 1 aliphatic heterocycles. The molecular weight excluding hydrogens is 739 g/mol. The molecule has 2 aromatic heterocycles. The molecule has 0 saturated heterocycles. The summed E-state index contributed by atoms with van der Waals surface area (Å²) in [5.74, 6) is 0. The van der Waals surface area contributed by atoms with Crippen molar-refractivity contribution in [3.05, 3.63) is 230 Å². The number of fused-ring (bicyclic) bond motifs is 10. The van der Waals surface area contributed by atoms with E-state index in [2.05, 4.69) is 232 Å². The molecule has 1 aliphatic carbocycles. The number of hydrogen-bond acceptors (Lipinski definition) is 1. The van der Waals surface area contributed by atoms with Gasteiger partial charge >= 0.3 is 0 Å². The van der Waals surface area contributed by atoms with Crippen molar-refractivity contribution in [2.45, 2.75) is 12.5 Å². The average Bonchev–Trinajstić information content (AvgIpc) is 3.97. The predicted octanol–water partition coefficient (Wildman–Crippen LogP) is 15.1. The molecular formula is C58H39N3. The van der Waals surface area contributed by atoms with Crippen molar-refractivity contribution >= 4 is 76.9 Å². The lowest BCUT2D eigenvalue weighted by Gasteiger charge is -2.31. The topological polar surface area (TPSA) is 13.1 Å². The zero-order valence-electron chi connectivity index (χ0n) is 33.4. The van der Waals surface area contributed by atoms with Crippen molar-refractivity contribution in [1.29, 1.82) is 0 Å².